The molecule has 30 heavy (non-hydrogen) atoms. The summed E-state index contributed by atoms with van der Waals surface area (Å²) < 4.78 is 1.75. The number of hydrogen-bond donors (Lipinski definition) is 1. The third-order valence-electron chi connectivity index (χ3n) is 4.74. The van der Waals surface area contributed by atoms with E-state index in [0.29, 0.717) is 18.2 Å². The maximum atomic E-state index is 12.4. The van der Waals surface area contributed by atoms with E-state index in [9.17, 15) is 4.79 Å². The van der Waals surface area contributed by atoms with E-state index in [-0.39, 0.29) is 5.91 Å². The molecule has 0 spiro atoms. The second-order valence-corrected chi connectivity index (χ2v) is 7.85. The van der Waals surface area contributed by atoms with Crippen molar-refractivity contribution < 1.29 is 4.79 Å². The van der Waals surface area contributed by atoms with E-state index in [0.717, 1.165) is 28.9 Å². The van der Waals surface area contributed by atoms with Crippen molar-refractivity contribution >= 4 is 23.6 Å². The highest BCUT2D eigenvalue weighted by Gasteiger charge is 2.12. The Bertz CT molecular complexity index is 1020. The Balaban J connectivity index is 1.64. The molecule has 1 N–H and O–H groups in total. The molecular weight excluding hydrogens is 396 g/mol. The molecule has 5 nitrogen and oxygen atoms in total. The maximum absolute atomic E-state index is 12.4. The lowest BCUT2D eigenvalue weighted by molar-refractivity contribution is -0.116. The summed E-state index contributed by atoms with van der Waals surface area (Å²) in [6.07, 6.45) is 3.24. The van der Waals surface area contributed by atoms with Crippen LogP contribution in [0, 0.1) is 6.92 Å². The van der Waals surface area contributed by atoms with Gasteiger partial charge in [-0.15, -0.1) is 0 Å². The third kappa shape index (κ3) is 5.81. The fourth-order valence-electron chi connectivity index (χ4n) is 3.24. The van der Waals surface area contributed by atoms with Gasteiger partial charge in [0.1, 0.15) is 5.15 Å². The van der Waals surface area contributed by atoms with E-state index >= 15 is 0 Å². The number of nitrogens with one attached hydrogen (secondary N) is 1. The minimum atomic E-state index is -0.166. The van der Waals surface area contributed by atoms with Crippen LogP contribution in [0.1, 0.15) is 27.9 Å². The molecule has 0 aliphatic heterocycles. The molecule has 2 aromatic carbocycles. The Labute approximate surface area is 183 Å². The molecule has 1 amide bonds. The summed E-state index contributed by atoms with van der Waals surface area (Å²) >= 11 is 6.52. The fraction of sp³-hybridized carbons (Fsp3) is 0.250. The van der Waals surface area contributed by atoms with Crippen LogP contribution in [0.5, 0.6) is 0 Å². The van der Waals surface area contributed by atoms with Crippen molar-refractivity contribution in [3.63, 3.8) is 0 Å². The first-order valence-corrected chi connectivity index (χ1v) is 10.3. The lowest BCUT2D eigenvalue weighted by Crippen LogP contribution is -2.22. The summed E-state index contributed by atoms with van der Waals surface area (Å²) in [7, 11) is 4.06. The molecule has 1 heterocycles. The predicted molar refractivity (Wildman–Crippen MR) is 122 cm³/mol. The lowest BCUT2D eigenvalue weighted by Gasteiger charge is -2.14. The van der Waals surface area contributed by atoms with Gasteiger partial charge in [0.2, 0.25) is 5.91 Å². The van der Waals surface area contributed by atoms with Crippen molar-refractivity contribution in [3.8, 4) is 0 Å². The topological polar surface area (TPSA) is 50.2 Å². The molecule has 0 bridgehead atoms. The van der Waals surface area contributed by atoms with Crippen LogP contribution < -0.4 is 5.32 Å². The van der Waals surface area contributed by atoms with Gasteiger partial charge in [-0.05, 0) is 43.8 Å². The standard InChI is InChI=1S/C24H27ClN4O/c1-18-22(24(25)29(27-18)16-19-9-5-4-6-10-19)13-14-23(30)26-15-20-11-7-8-12-21(20)17-28(2)3/h4-14H,15-17H2,1-3H3,(H,26,30)/b14-13+. The molecule has 0 saturated heterocycles. The number of hydrogen-bond acceptors (Lipinski definition) is 3. The Kier molecular flexibility index (Phi) is 7.44. The number of benzene rings is 2. The minimum Gasteiger partial charge on any atom is -0.348 e. The van der Waals surface area contributed by atoms with Crippen molar-refractivity contribution in [3.05, 3.63) is 93.8 Å². The van der Waals surface area contributed by atoms with Gasteiger partial charge >= 0.3 is 0 Å². The van der Waals surface area contributed by atoms with Crippen LogP contribution in [-0.2, 0) is 24.4 Å². The number of amides is 1. The van der Waals surface area contributed by atoms with Gasteiger partial charge in [-0.25, -0.2) is 4.68 Å². The second kappa shape index (κ2) is 10.2. The number of rotatable bonds is 8. The highest BCUT2D eigenvalue weighted by atomic mass is 35.5. The van der Waals surface area contributed by atoms with Gasteiger partial charge in [0.15, 0.2) is 0 Å². The van der Waals surface area contributed by atoms with Gasteiger partial charge in [0.05, 0.1) is 12.2 Å². The predicted octanol–water partition coefficient (Wildman–Crippen LogP) is 4.28. The summed E-state index contributed by atoms with van der Waals surface area (Å²) in [5.41, 5.74) is 4.98. The fourth-order valence-corrected chi connectivity index (χ4v) is 3.54. The molecule has 3 rings (SSSR count). The van der Waals surface area contributed by atoms with Crippen LogP contribution in [0.2, 0.25) is 5.15 Å². The first kappa shape index (κ1) is 21.8. The molecule has 1 aromatic heterocycles. The summed E-state index contributed by atoms with van der Waals surface area (Å²) in [5, 5.41) is 7.99. The Morgan fingerprint density at radius 1 is 1.10 bits per heavy atom. The number of halogens is 1. The SMILES string of the molecule is Cc1nn(Cc2ccccc2)c(Cl)c1/C=C/C(=O)NCc1ccccc1CN(C)C. The number of nitrogens with zero attached hydrogens (tertiary/aromatic N) is 3. The summed E-state index contributed by atoms with van der Waals surface area (Å²) in [6, 6.07) is 18.1. The molecule has 3 aromatic rings. The average Bonchev–Trinajstić information content (AvgIpc) is 2.98. The maximum Gasteiger partial charge on any atom is 0.244 e. The molecule has 6 heteroatoms. The summed E-state index contributed by atoms with van der Waals surface area (Å²) in [5.74, 6) is -0.166. The smallest absolute Gasteiger partial charge is 0.244 e. The zero-order chi connectivity index (χ0) is 21.5. The Morgan fingerprint density at radius 3 is 2.47 bits per heavy atom. The first-order valence-electron chi connectivity index (χ1n) is 9.88. The van der Waals surface area contributed by atoms with Crippen LogP contribution in [0.15, 0.2) is 60.7 Å². The van der Waals surface area contributed by atoms with Crippen molar-refractivity contribution in [2.45, 2.75) is 26.6 Å². The summed E-state index contributed by atoms with van der Waals surface area (Å²) in [4.78, 5) is 14.5. The normalized spacial score (nSPS) is 11.4. The number of carbonyl (C=O) groups excluding carboxylic acids is 1. The molecule has 0 atom stereocenters. The van der Waals surface area contributed by atoms with E-state index in [1.807, 2.05) is 69.6 Å². The van der Waals surface area contributed by atoms with Crippen molar-refractivity contribution in [2.24, 2.45) is 0 Å². The average molecular weight is 423 g/mol. The molecule has 0 aliphatic carbocycles. The molecule has 0 fully saturated rings. The van der Waals surface area contributed by atoms with Crippen LogP contribution in [0.3, 0.4) is 0 Å². The number of aromatic nitrogens is 2. The monoisotopic (exact) mass is 422 g/mol. The van der Waals surface area contributed by atoms with Crippen LogP contribution in [-0.4, -0.2) is 34.7 Å². The number of carbonyl (C=O) groups is 1. The Morgan fingerprint density at radius 2 is 1.77 bits per heavy atom. The van der Waals surface area contributed by atoms with E-state index in [1.54, 1.807) is 10.8 Å². The van der Waals surface area contributed by atoms with E-state index in [1.165, 1.54) is 11.6 Å². The molecular formula is C24H27ClN4O. The van der Waals surface area contributed by atoms with Gasteiger partial charge in [0.25, 0.3) is 0 Å². The molecule has 0 saturated carbocycles. The van der Waals surface area contributed by atoms with E-state index in [4.69, 9.17) is 11.6 Å². The quantitative estimate of drug-likeness (QED) is 0.551. The molecule has 156 valence electrons. The molecule has 0 aliphatic rings. The van der Waals surface area contributed by atoms with E-state index < -0.39 is 0 Å². The zero-order valence-electron chi connectivity index (χ0n) is 17.6. The highest BCUT2D eigenvalue weighted by molar-refractivity contribution is 6.31. The zero-order valence-corrected chi connectivity index (χ0v) is 18.4. The molecule has 0 radical (unpaired) electrons. The second-order valence-electron chi connectivity index (χ2n) is 7.49. The van der Waals surface area contributed by atoms with Gasteiger partial charge in [0, 0.05) is 24.7 Å². The van der Waals surface area contributed by atoms with Crippen LogP contribution >= 0.6 is 11.6 Å². The van der Waals surface area contributed by atoms with Crippen molar-refractivity contribution in [1.82, 2.24) is 20.0 Å². The highest BCUT2D eigenvalue weighted by Crippen LogP contribution is 2.22. The summed E-state index contributed by atoms with van der Waals surface area (Å²) in [6.45, 7) is 3.79. The number of aryl methyl sites for hydroxylation is 1. The molecule has 0 unspecified atom stereocenters. The lowest BCUT2D eigenvalue weighted by atomic mass is 10.1. The van der Waals surface area contributed by atoms with Gasteiger partial charge in [-0.3, -0.25) is 4.79 Å². The Hall–Kier alpha value is -2.89. The minimum absolute atomic E-state index is 0.166. The first-order chi connectivity index (χ1) is 14.4. The van der Waals surface area contributed by atoms with Crippen LogP contribution in [0.4, 0.5) is 0 Å². The van der Waals surface area contributed by atoms with Crippen LogP contribution in [0.25, 0.3) is 6.08 Å². The van der Waals surface area contributed by atoms with Gasteiger partial charge in [-0.1, -0.05) is 66.2 Å². The largest absolute Gasteiger partial charge is 0.348 e. The van der Waals surface area contributed by atoms with Crippen molar-refractivity contribution in [1.29, 1.82) is 0 Å². The van der Waals surface area contributed by atoms with Gasteiger partial charge in [-0.2, -0.15) is 5.10 Å². The third-order valence-corrected chi connectivity index (χ3v) is 5.14. The van der Waals surface area contributed by atoms with E-state index in [2.05, 4.69) is 21.4 Å². The van der Waals surface area contributed by atoms with Crippen molar-refractivity contribution in [2.75, 3.05) is 14.1 Å². The van der Waals surface area contributed by atoms with Gasteiger partial charge < -0.3 is 10.2 Å².